The van der Waals surface area contributed by atoms with Crippen LogP contribution in [0.1, 0.15) is 93.4 Å². The molecule has 50 heavy (non-hydrogen) atoms. The van der Waals surface area contributed by atoms with Crippen molar-refractivity contribution in [3.8, 4) is 5.75 Å². The Kier molecular flexibility index (Phi) is 16.0. The summed E-state index contributed by atoms with van der Waals surface area (Å²) in [6, 6.07) is 21.0. The summed E-state index contributed by atoms with van der Waals surface area (Å²) in [5, 5.41) is 12.8. The molecule has 0 aliphatic heterocycles. The Morgan fingerprint density at radius 1 is 0.800 bits per heavy atom. The molecule has 4 rings (SSSR count). The zero-order chi connectivity index (χ0) is 36.8. The number of hydrogen-bond donors (Lipinski definition) is 2. The van der Waals surface area contributed by atoms with Gasteiger partial charge >= 0.3 is 5.97 Å². The average molecular weight is 739 g/mol. The van der Waals surface area contributed by atoms with Crippen molar-refractivity contribution in [1.82, 2.24) is 5.32 Å². The third-order valence-electron chi connectivity index (χ3n) is 7.75. The number of aliphatic carboxylic acids is 1. The first-order valence-corrected chi connectivity index (χ1v) is 17.7. The van der Waals surface area contributed by atoms with Gasteiger partial charge in [-0.1, -0.05) is 122 Å². The minimum atomic E-state index is -1.26. The number of aryl methyl sites for hydroxylation is 2. The number of carbonyl (C=O) groups excluding carboxylic acids is 3. The molecule has 0 spiro atoms. The molecule has 4 aromatic rings. The lowest BCUT2D eigenvalue weighted by atomic mass is 9.99. The van der Waals surface area contributed by atoms with E-state index in [9.17, 15) is 24.3 Å². The van der Waals surface area contributed by atoms with Crippen molar-refractivity contribution in [2.75, 3.05) is 6.61 Å². The quantitative estimate of drug-likeness (QED) is 0.0875. The van der Waals surface area contributed by atoms with Crippen LogP contribution in [0.4, 0.5) is 0 Å². The molecule has 2 N–H and O–H groups in total. The Bertz CT molecular complexity index is 1780. The van der Waals surface area contributed by atoms with E-state index in [1.54, 1.807) is 36.4 Å². The van der Waals surface area contributed by atoms with Crippen molar-refractivity contribution in [3.05, 3.63) is 133 Å². The summed E-state index contributed by atoms with van der Waals surface area (Å²) < 4.78 is 5.65. The SMILES string of the molecule is CC.CCCCOc1cc(Cl)c(C(=O)Cc2ccc(C[C@H](NC(=O)c3ccc(C(=O)CCc4cccc(C)c4)cc3Cl)C(=O)O)cc2)c(Cl)c1. The van der Waals surface area contributed by atoms with Crippen molar-refractivity contribution < 1.29 is 29.0 Å². The van der Waals surface area contributed by atoms with Crippen molar-refractivity contribution in [2.24, 2.45) is 0 Å². The highest BCUT2D eigenvalue weighted by atomic mass is 35.5. The monoisotopic (exact) mass is 737 g/mol. The number of rotatable bonds is 16. The van der Waals surface area contributed by atoms with Crippen LogP contribution < -0.4 is 10.1 Å². The third kappa shape index (κ3) is 11.7. The van der Waals surface area contributed by atoms with Crippen LogP contribution in [0.3, 0.4) is 0 Å². The fraction of sp³-hybridized carbons (Fsp3) is 0.300. The maximum atomic E-state index is 13.1. The van der Waals surface area contributed by atoms with Gasteiger partial charge in [0.25, 0.3) is 5.91 Å². The molecule has 0 saturated heterocycles. The summed E-state index contributed by atoms with van der Waals surface area (Å²) in [7, 11) is 0. The Hall–Kier alpha value is -4.17. The molecule has 264 valence electrons. The maximum Gasteiger partial charge on any atom is 0.326 e. The smallest absolute Gasteiger partial charge is 0.326 e. The topological polar surface area (TPSA) is 110 Å². The number of nitrogens with one attached hydrogen (secondary N) is 1. The van der Waals surface area contributed by atoms with Gasteiger partial charge in [-0.2, -0.15) is 0 Å². The molecule has 0 radical (unpaired) electrons. The predicted octanol–water partition coefficient (Wildman–Crippen LogP) is 9.83. The maximum absolute atomic E-state index is 13.1. The van der Waals surface area contributed by atoms with Gasteiger partial charge in [-0.25, -0.2) is 4.79 Å². The summed E-state index contributed by atoms with van der Waals surface area (Å²) >= 11 is 19.1. The van der Waals surface area contributed by atoms with E-state index in [1.807, 2.05) is 45.0 Å². The molecule has 7 nitrogen and oxygen atoms in total. The van der Waals surface area contributed by atoms with Crippen molar-refractivity contribution in [3.63, 3.8) is 0 Å². The van der Waals surface area contributed by atoms with E-state index >= 15 is 0 Å². The number of hydrogen-bond acceptors (Lipinski definition) is 5. The van der Waals surface area contributed by atoms with Crippen LogP contribution in [0.15, 0.2) is 78.9 Å². The molecule has 1 atom stereocenters. The molecular weight excluding hydrogens is 697 g/mol. The van der Waals surface area contributed by atoms with E-state index < -0.39 is 17.9 Å². The first-order valence-electron chi connectivity index (χ1n) is 16.6. The molecule has 0 bridgehead atoms. The minimum Gasteiger partial charge on any atom is -0.493 e. The number of benzene rings is 4. The molecule has 0 aromatic heterocycles. The second-order valence-corrected chi connectivity index (χ2v) is 12.8. The van der Waals surface area contributed by atoms with Gasteiger partial charge in [0.1, 0.15) is 11.8 Å². The highest BCUT2D eigenvalue weighted by molar-refractivity contribution is 6.40. The Morgan fingerprint density at radius 2 is 1.46 bits per heavy atom. The molecule has 0 saturated carbocycles. The molecule has 0 unspecified atom stereocenters. The average Bonchev–Trinajstić information content (AvgIpc) is 3.08. The number of carboxylic acid groups (broad SMARTS) is 1. The van der Waals surface area contributed by atoms with Crippen LogP contribution in [0, 0.1) is 6.92 Å². The normalized spacial score (nSPS) is 11.2. The van der Waals surface area contributed by atoms with E-state index in [4.69, 9.17) is 39.5 Å². The largest absolute Gasteiger partial charge is 0.493 e. The standard InChI is InChI=1S/C38H36Cl3NO6.C2H6/c1-3-4-16-48-28-21-31(40)36(32(41)22-28)35(44)19-26-10-8-25(9-11-26)18-33(38(46)47)42-37(45)29-14-13-27(20-30(29)39)34(43)15-12-24-7-5-6-23(2)17-24;1-2/h5-11,13-14,17,20-22,33H,3-4,12,15-16,18-19H2,1-2H3,(H,42,45)(H,46,47);1-2H3/t33-;/m0./s1. The van der Waals surface area contributed by atoms with Crippen LogP contribution in [0.2, 0.25) is 15.1 Å². The number of amides is 1. The van der Waals surface area contributed by atoms with Gasteiger partial charge in [-0.3, -0.25) is 14.4 Å². The lowest BCUT2D eigenvalue weighted by Crippen LogP contribution is -2.42. The molecule has 0 heterocycles. The zero-order valence-electron chi connectivity index (χ0n) is 28.7. The lowest BCUT2D eigenvalue weighted by molar-refractivity contribution is -0.139. The molecular formula is C40H42Cl3NO6. The van der Waals surface area contributed by atoms with Crippen molar-refractivity contribution in [2.45, 2.75) is 72.3 Å². The Balaban J connectivity index is 0.00000332. The second kappa shape index (κ2) is 19.9. The van der Waals surface area contributed by atoms with Gasteiger partial charge in [0, 0.05) is 24.8 Å². The minimum absolute atomic E-state index is 0.0143. The first kappa shape index (κ1) is 40.3. The van der Waals surface area contributed by atoms with Crippen LogP contribution in [-0.2, 0) is 24.1 Å². The summed E-state index contributed by atoms with van der Waals surface area (Å²) in [6.45, 7) is 8.57. The number of carbonyl (C=O) groups is 4. The van der Waals surface area contributed by atoms with Gasteiger partial charge in [-0.05, 0) is 60.7 Å². The number of halogens is 3. The van der Waals surface area contributed by atoms with Crippen molar-refractivity contribution in [1.29, 1.82) is 0 Å². The van der Waals surface area contributed by atoms with E-state index in [0.717, 1.165) is 24.0 Å². The van der Waals surface area contributed by atoms with Gasteiger partial charge in [0.05, 0.1) is 32.8 Å². The van der Waals surface area contributed by atoms with Gasteiger partial charge in [0.15, 0.2) is 11.6 Å². The Labute approximate surface area is 308 Å². The first-order chi connectivity index (χ1) is 23.9. The fourth-order valence-electron chi connectivity index (χ4n) is 5.12. The summed E-state index contributed by atoms with van der Waals surface area (Å²) in [5.41, 5.74) is 4.11. The Morgan fingerprint density at radius 3 is 2.06 bits per heavy atom. The second-order valence-electron chi connectivity index (χ2n) is 11.6. The summed E-state index contributed by atoms with van der Waals surface area (Å²) in [6.07, 6.45) is 2.72. The number of ketones is 2. The molecule has 0 aliphatic rings. The van der Waals surface area contributed by atoms with Gasteiger partial charge < -0.3 is 15.2 Å². The number of carboxylic acids is 1. The number of Topliss-reactive ketones (excluding diaryl/α,β-unsaturated/α-hetero) is 2. The highest BCUT2D eigenvalue weighted by Crippen LogP contribution is 2.32. The predicted molar refractivity (Wildman–Crippen MR) is 201 cm³/mol. The lowest BCUT2D eigenvalue weighted by Gasteiger charge is -2.16. The van der Waals surface area contributed by atoms with E-state index in [-0.39, 0.29) is 57.0 Å². The van der Waals surface area contributed by atoms with Gasteiger partial charge in [0.2, 0.25) is 0 Å². The van der Waals surface area contributed by atoms with E-state index in [0.29, 0.717) is 35.5 Å². The molecule has 0 aliphatic carbocycles. The van der Waals surface area contributed by atoms with E-state index in [1.165, 1.54) is 18.2 Å². The number of unbranched alkanes of at least 4 members (excludes halogenated alkanes) is 1. The van der Waals surface area contributed by atoms with Crippen LogP contribution in [0.5, 0.6) is 5.75 Å². The zero-order valence-corrected chi connectivity index (χ0v) is 30.9. The van der Waals surface area contributed by atoms with Crippen LogP contribution in [-0.4, -0.2) is 41.2 Å². The van der Waals surface area contributed by atoms with Crippen LogP contribution >= 0.6 is 34.8 Å². The molecule has 10 heteroatoms. The molecule has 4 aromatic carbocycles. The summed E-state index contributed by atoms with van der Waals surface area (Å²) in [4.78, 5) is 50.9. The molecule has 1 amide bonds. The number of ether oxygens (including phenoxy) is 1. The van der Waals surface area contributed by atoms with E-state index in [2.05, 4.69) is 12.2 Å². The molecule has 0 fully saturated rings. The highest BCUT2D eigenvalue weighted by Gasteiger charge is 2.23. The van der Waals surface area contributed by atoms with Gasteiger partial charge in [-0.15, -0.1) is 0 Å². The van der Waals surface area contributed by atoms with Crippen LogP contribution in [0.25, 0.3) is 0 Å². The summed E-state index contributed by atoms with van der Waals surface area (Å²) in [5.74, 6) is -1.80. The van der Waals surface area contributed by atoms with Crippen molar-refractivity contribution >= 4 is 58.2 Å². The third-order valence-corrected chi connectivity index (χ3v) is 8.66. The fourth-order valence-corrected chi connectivity index (χ4v) is 6.06.